The summed E-state index contributed by atoms with van der Waals surface area (Å²) in [5, 5.41) is 3.53. The molecule has 0 atom stereocenters. The van der Waals surface area contributed by atoms with Crippen LogP contribution in [-0.2, 0) is 17.7 Å². The zero-order chi connectivity index (χ0) is 14.4. The van der Waals surface area contributed by atoms with Crippen LogP contribution in [0.15, 0.2) is 12.1 Å². The number of ether oxygens (including phenoxy) is 2. The molecule has 1 N–H and O–H groups in total. The summed E-state index contributed by atoms with van der Waals surface area (Å²) in [5.41, 5.74) is 2.34. The molecule has 1 aliphatic carbocycles. The van der Waals surface area contributed by atoms with E-state index in [9.17, 15) is 0 Å². The van der Waals surface area contributed by atoms with E-state index in [4.69, 9.17) is 9.47 Å². The molecule has 20 heavy (non-hydrogen) atoms. The highest BCUT2D eigenvalue weighted by molar-refractivity contribution is 5.25. The van der Waals surface area contributed by atoms with Gasteiger partial charge < -0.3 is 14.8 Å². The summed E-state index contributed by atoms with van der Waals surface area (Å²) in [4.78, 5) is 4.51. The SMILES string of the molecule is CCc1cc(CNC2CC2)cc(OCCOC(C)C)n1. The smallest absolute Gasteiger partial charge is 0.213 e. The first-order chi connectivity index (χ1) is 9.67. The van der Waals surface area contributed by atoms with Gasteiger partial charge in [0, 0.05) is 24.3 Å². The maximum absolute atomic E-state index is 5.70. The predicted octanol–water partition coefficient (Wildman–Crippen LogP) is 2.70. The van der Waals surface area contributed by atoms with E-state index in [-0.39, 0.29) is 6.10 Å². The van der Waals surface area contributed by atoms with Gasteiger partial charge in [-0.25, -0.2) is 4.98 Å². The van der Waals surface area contributed by atoms with Gasteiger partial charge in [0.1, 0.15) is 6.61 Å². The first-order valence-electron chi connectivity index (χ1n) is 7.65. The Balaban J connectivity index is 1.86. The van der Waals surface area contributed by atoms with Gasteiger partial charge in [-0.1, -0.05) is 6.92 Å². The summed E-state index contributed by atoms with van der Waals surface area (Å²) in [7, 11) is 0. The van der Waals surface area contributed by atoms with Gasteiger partial charge in [-0.3, -0.25) is 0 Å². The number of pyridine rings is 1. The average Bonchev–Trinajstić information content (AvgIpc) is 3.25. The van der Waals surface area contributed by atoms with Crippen LogP contribution >= 0.6 is 0 Å². The Kier molecular flexibility index (Phi) is 5.80. The highest BCUT2D eigenvalue weighted by Gasteiger charge is 2.20. The first kappa shape index (κ1) is 15.3. The van der Waals surface area contributed by atoms with E-state index < -0.39 is 0 Å². The fourth-order valence-corrected chi connectivity index (χ4v) is 1.96. The van der Waals surface area contributed by atoms with Crippen LogP contribution < -0.4 is 10.1 Å². The van der Waals surface area contributed by atoms with Crippen molar-refractivity contribution in [2.45, 2.75) is 58.7 Å². The third-order valence-corrected chi connectivity index (χ3v) is 3.23. The molecule has 4 heteroatoms. The molecule has 1 aliphatic rings. The van der Waals surface area contributed by atoms with Gasteiger partial charge in [0.25, 0.3) is 0 Å². The molecule has 0 bridgehead atoms. The lowest BCUT2D eigenvalue weighted by atomic mass is 10.2. The topological polar surface area (TPSA) is 43.4 Å². The Morgan fingerprint density at radius 2 is 2.10 bits per heavy atom. The summed E-state index contributed by atoms with van der Waals surface area (Å²) in [6.07, 6.45) is 3.78. The van der Waals surface area contributed by atoms with Gasteiger partial charge in [-0.2, -0.15) is 0 Å². The number of hydrogen-bond donors (Lipinski definition) is 1. The average molecular weight is 278 g/mol. The molecular weight excluding hydrogens is 252 g/mol. The van der Waals surface area contributed by atoms with E-state index in [1.807, 2.05) is 19.9 Å². The second-order valence-electron chi connectivity index (χ2n) is 5.58. The fourth-order valence-electron chi connectivity index (χ4n) is 1.96. The zero-order valence-corrected chi connectivity index (χ0v) is 12.8. The normalized spacial score (nSPS) is 14.8. The summed E-state index contributed by atoms with van der Waals surface area (Å²) in [5.74, 6) is 0.712. The fraction of sp³-hybridized carbons (Fsp3) is 0.688. The molecule has 1 aromatic heterocycles. The molecule has 1 aromatic rings. The van der Waals surface area contributed by atoms with E-state index >= 15 is 0 Å². The molecule has 0 aromatic carbocycles. The van der Waals surface area contributed by atoms with E-state index in [2.05, 4.69) is 23.3 Å². The number of nitrogens with one attached hydrogen (secondary N) is 1. The third-order valence-electron chi connectivity index (χ3n) is 3.23. The molecule has 1 saturated carbocycles. The van der Waals surface area contributed by atoms with E-state index in [0.717, 1.165) is 24.7 Å². The van der Waals surface area contributed by atoms with E-state index in [1.165, 1.54) is 18.4 Å². The number of aromatic nitrogens is 1. The second kappa shape index (κ2) is 7.60. The van der Waals surface area contributed by atoms with Crippen molar-refractivity contribution in [3.63, 3.8) is 0 Å². The quantitative estimate of drug-likeness (QED) is 0.705. The number of nitrogens with zero attached hydrogens (tertiary/aromatic N) is 1. The van der Waals surface area contributed by atoms with Crippen molar-refractivity contribution >= 4 is 0 Å². The van der Waals surface area contributed by atoms with Gasteiger partial charge in [-0.05, 0) is 44.7 Å². The Labute approximate surface area is 121 Å². The molecule has 0 saturated heterocycles. The molecule has 0 spiro atoms. The predicted molar refractivity (Wildman–Crippen MR) is 80.1 cm³/mol. The number of hydrogen-bond acceptors (Lipinski definition) is 4. The standard InChI is InChI=1S/C16H26N2O2/c1-4-14-9-13(11-17-15-5-6-15)10-16(18-14)20-8-7-19-12(2)3/h9-10,12,15,17H,4-8,11H2,1-3H3. The molecule has 4 nitrogen and oxygen atoms in total. The third kappa shape index (κ3) is 5.47. The minimum Gasteiger partial charge on any atom is -0.475 e. The molecule has 112 valence electrons. The molecule has 0 unspecified atom stereocenters. The summed E-state index contributed by atoms with van der Waals surface area (Å²) in [6, 6.07) is 4.91. The summed E-state index contributed by atoms with van der Waals surface area (Å²) in [6.45, 7) is 8.22. The van der Waals surface area contributed by atoms with Crippen LogP contribution in [0.3, 0.4) is 0 Å². The van der Waals surface area contributed by atoms with Crippen LogP contribution in [0.4, 0.5) is 0 Å². The molecular formula is C16H26N2O2. The van der Waals surface area contributed by atoms with Crippen LogP contribution in [0.2, 0.25) is 0 Å². The molecule has 0 aliphatic heterocycles. The largest absolute Gasteiger partial charge is 0.475 e. The molecule has 0 radical (unpaired) electrons. The second-order valence-corrected chi connectivity index (χ2v) is 5.58. The number of rotatable bonds is 9. The minimum atomic E-state index is 0.242. The van der Waals surface area contributed by atoms with Gasteiger partial charge >= 0.3 is 0 Å². The van der Waals surface area contributed by atoms with Crippen molar-refractivity contribution in [3.05, 3.63) is 23.4 Å². The Morgan fingerprint density at radius 1 is 1.30 bits per heavy atom. The van der Waals surface area contributed by atoms with Crippen molar-refractivity contribution in [1.29, 1.82) is 0 Å². The lowest BCUT2D eigenvalue weighted by Crippen LogP contribution is -2.16. The van der Waals surface area contributed by atoms with Crippen LogP contribution in [0.5, 0.6) is 5.88 Å². The van der Waals surface area contributed by atoms with Crippen LogP contribution in [0, 0.1) is 0 Å². The monoisotopic (exact) mass is 278 g/mol. The van der Waals surface area contributed by atoms with Gasteiger partial charge in [0.15, 0.2) is 0 Å². The summed E-state index contributed by atoms with van der Waals surface area (Å²) >= 11 is 0. The maximum atomic E-state index is 5.70. The van der Waals surface area contributed by atoms with E-state index in [1.54, 1.807) is 0 Å². The van der Waals surface area contributed by atoms with Crippen molar-refractivity contribution in [1.82, 2.24) is 10.3 Å². The van der Waals surface area contributed by atoms with Crippen molar-refractivity contribution < 1.29 is 9.47 Å². The van der Waals surface area contributed by atoms with Crippen molar-refractivity contribution in [2.24, 2.45) is 0 Å². The number of aryl methyl sites for hydroxylation is 1. The van der Waals surface area contributed by atoms with E-state index in [0.29, 0.717) is 19.1 Å². The molecule has 2 rings (SSSR count). The molecule has 0 amide bonds. The Hall–Kier alpha value is -1.13. The van der Waals surface area contributed by atoms with Gasteiger partial charge in [0.05, 0.1) is 12.7 Å². The lowest BCUT2D eigenvalue weighted by Gasteiger charge is -2.11. The lowest BCUT2D eigenvalue weighted by molar-refractivity contribution is 0.0542. The van der Waals surface area contributed by atoms with Gasteiger partial charge in [-0.15, -0.1) is 0 Å². The van der Waals surface area contributed by atoms with Crippen LogP contribution in [0.25, 0.3) is 0 Å². The highest BCUT2D eigenvalue weighted by Crippen LogP contribution is 2.20. The van der Waals surface area contributed by atoms with Gasteiger partial charge in [0.2, 0.25) is 5.88 Å². The Bertz CT molecular complexity index is 417. The zero-order valence-electron chi connectivity index (χ0n) is 12.8. The minimum absolute atomic E-state index is 0.242. The highest BCUT2D eigenvalue weighted by atomic mass is 16.5. The van der Waals surface area contributed by atoms with Crippen LogP contribution in [0.1, 0.15) is 44.9 Å². The summed E-state index contributed by atoms with van der Waals surface area (Å²) < 4.78 is 11.2. The maximum Gasteiger partial charge on any atom is 0.213 e. The van der Waals surface area contributed by atoms with Crippen LogP contribution in [-0.4, -0.2) is 30.3 Å². The first-order valence-corrected chi connectivity index (χ1v) is 7.65. The van der Waals surface area contributed by atoms with Crippen molar-refractivity contribution in [3.8, 4) is 5.88 Å². The van der Waals surface area contributed by atoms with Crippen molar-refractivity contribution in [2.75, 3.05) is 13.2 Å². The molecule has 1 heterocycles. The molecule has 1 fully saturated rings. The Morgan fingerprint density at radius 3 is 2.75 bits per heavy atom.